The van der Waals surface area contributed by atoms with E-state index in [-0.39, 0.29) is 11.1 Å². The van der Waals surface area contributed by atoms with Gasteiger partial charge in [-0.2, -0.15) is 0 Å². The molecule has 0 saturated carbocycles. The molecule has 4 heteroatoms. The van der Waals surface area contributed by atoms with Crippen molar-refractivity contribution in [2.24, 2.45) is 0 Å². The van der Waals surface area contributed by atoms with Gasteiger partial charge in [-0.25, -0.2) is 4.90 Å². The lowest BCUT2D eigenvalue weighted by Crippen LogP contribution is -2.30. The zero-order valence-corrected chi connectivity index (χ0v) is 9.66. The van der Waals surface area contributed by atoms with Crippen molar-refractivity contribution >= 4 is 23.3 Å². The van der Waals surface area contributed by atoms with Gasteiger partial charge in [0.1, 0.15) is 6.61 Å². The monoisotopic (exact) mass is 233 g/mol. The van der Waals surface area contributed by atoms with Crippen molar-refractivity contribution in [3.8, 4) is 0 Å². The maximum absolute atomic E-state index is 12.1. The third kappa shape index (κ3) is 1.84. The molecule has 0 radical (unpaired) electrons. The van der Waals surface area contributed by atoms with Gasteiger partial charge in [0.05, 0.1) is 5.70 Å². The number of hydrogen-bond acceptors (Lipinski definition) is 3. The normalized spacial score (nSPS) is 17.7. The van der Waals surface area contributed by atoms with E-state index in [1.807, 2.05) is 31.2 Å². The van der Waals surface area contributed by atoms with Crippen molar-refractivity contribution in [3.63, 3.8) is 0 Å². The molecule has 0 unspecified atom stereocenters. The summed E-state index contributed by atoms with van der Waals surface area (Å²) in [6.07, 6.45) is 1.83. The van der Waals surface area contributed by atoms with E-state index in [9.17, 15) is 4.79 Å². The van der Waals surface area contributed by atoms with E-state index in [1.165, 1.54) is 4.90 Å². The lowest BCUT2D eigenvalue weighted by molar-refractivity contribution is 0.0881. The van der Waals surface area contributed by atoms with Gasteiger partial charge in [-0.05, 0) is 31.3 Å². The average molecular weight is 233 g/mol. The van der Waals surface area contributed by atoms with Gasteiger partial charge in [-0.1, -0.05) is 24.3 Å². The van der Waals surface area contributed by atoms with Crippen LogP contribution in [0, 0.1) is 0 Å². The summed E-state index contributed by atoms with van der Waals surface area (Å²) < 4.78 is 5.18. The molecule has 2 rings (SSSR count). The van der Waals surface area contributed by atoms with Crippen LogP contribution in [0.15, 0.2) is 42.1 Å². The van der Waals surface area contributed by atoms with Crippen LogP contribution in [-0.2, 0) is 4.74 Å². The summed E-state index contributed by atoms with van der Waals surface area (Å²) in [7, 11) is 0. The van der Waals surface area contributed by atoms with Crippen LogP contribution in [0.1, 0.15) is 17.3 Å². The van der Waals surface area contributed by atoms with Crippen molar-refractivity contribution in [2.45, 2.75) is 6.92 Å². The van der Waals surface area contributed by atoms with Crippen molar-refractivity contribution < 1.29 is 9.53 Å². The Morgan fingerprint density at radius 2 is 2.12 bits per heavy atom. The van der Waals surface area contributed by atoms with Crippen LogP contribution in [0.2, 0.25) is 0 Å². The molecule has 3 nitrogen and oxygen atoms in total. The van der Waals surface area contributed by atoms with Crippen LogP contribution >= 0.6 is 12.2 Å². The minimum atomic E-state index is -0.142. The predicted molar refractivity (Wildman–Crippen MR) is 64.9 cm³/mol. The van der Waals surface area contributed by atoms with E-state index in [4.69, 9.17) is 17.0 Å². The van der Waals surface area contributed by atoms with Crippen molar-refractivity contribution in [1.82, 2.24) is 4.90 Å². The maximum Gasteiger partial charge on any atom is 0.271 e. The van der Waals surface area contributed by atoms with E-state index in [1.54, 1.807) is 12.1 Å². The fourth-order valence-electron chi connectivity index (χ4n) is 1.52. The highest BCUT2D eigenvalue weighted by Crippen LogP contribution is 2.19. The molecular weight excluding hydrogens is 222 g/mol. The topological polar surface area (TPSA) is 29.5 Å². The highest BCUT2D eigenvalue weighted by molar-refractivity contribution is 7.80. The number of allylic oxidation sites excluding steroid dienone is 1. The lowest BCUT2D eigenvalue weighted by atomic mass is 10.2. The summed E-state index contributed by atoms with van der Waals surface area (Å²) >= 11 is 5.00. The molecule has 1 saturated heterocycles. The van der Waals surface area contributed by atoms with Gasteiger partial charge in [-0.15, -0.1) is 0 Å². The number of carbonyl (C=O) groups is 1. The molecule has 1 fully saturated rings. The number of carbonyl (C=O) groups excluding carboxylic acids is 1. The fourth-order valence-corrected chi connectivity index (χ4v) is 1.78. The predicted octanol–water partition coefficient (Wildman–Crippen LogP) is 2.35. The maximum atomic E-state index is 12.1. The third-order valence-electron chi connectivity index (χ3n) is 2.37. The van der Waals surface area contributed by atoms with Gasteiger partial charge >= 0.3 is 0 Å². The van der Waals surface area contributed by atoms with Crippen LogP contribution in [0.25, 0.3) is 0 Å². The molecule has 1 heterocycles. The molecule has 0 aliphatic carbocycles. The number of benzene rings is 1. The Bertz CT molecular complexity index is 453. The zero-order valence-electron chi connectivity index (χ0n) is 8.84. The molecule has 1 aliphatic rings. The summed E-state index contributed by atoms with van der Waals surface area (Å²) in [5.41, 5.74) is 1.40. The minimum Gasteiger partial charge on any atom is -0.464 e. The zero-order chi connectivity index (χ0) is 11.5. The van der Waals surface area contributed by atoms with Gasteiger partial charge in [0.25, 0.3) is 11.1 Å². The molecule has 1 amide bonds. The standard InChI is InChI=1S/C12H11NO2S/c1-2-10-8-15-12(16)13(10)11(14)9-6-4-3-5-7-9/h2-7H,8H2,1H3/b10-2+. The largest absolute Gasteiger partial charge is 0.464 e. The Hall–Kier alpha value is -1.68. The molecule has 16 heavy (non-hydrogen) atoms. The Labute approximate surface area is 99.3 Å². The first-order chi connectivity index (χ1) is 7.74. The van der Waals surface area contributed by atoms with Gasteiger partial charge in [0.15, 0.2) is 0 Å². The summed E-state index contributed by atoms with van der Waals surface area (Å²) in [5, 5.41) is 0.224. The number of rotatable bonds is 1. The molecule has 0 spiro atoms. The average Bonchev–Trinajstić information content (AvgIpc) is 2.70. The van der Waals surface area contributed by atoms with Crippen molar-refractivity contribution in [2.75, 3.05) is 6.61 Å². The third-order valence-corrected chi connectivity index (χ3v) is 2.67. The van der Waals surface area contributed by atoms with Crippen LogP contribution in [0.4, 0.5) is 0 Å². The second kappa shape index (κ2) is 4.45. The van der Waals surface area contributed by atoms with Crippen LogP contribution in [-0.4, -0.2) is 22.6 Å². The molecule has 1 aromatic carbocycles. The van der Waals surface area contributed by atoms with Crippen LogP contribution < -0.4 is 0 Å². The lowest BCUT2D eigenvalue weighted by Gasteiger charge is -2.14. The van der Waals surface area contributed by atoms with E-state index in [2.05, 4.69) is 0 Å². The summed E-state index contributed by atoms with van der Waals surface area (Å²) in [5.74, 6) is -0.142. The molecule has 0 atom stereocenters. The smallest absolute Gasteiger partial charge is 0.271 e. The first kappa shape index (κ1) is 10.8. The first-order valence-corrected chi connectivity index (χ1v) is 5.36. The number of thiocarbonyl (C=S) groups is 1. The molecule has 1 aliphatic heterocycles. The first-order valence-electron chi connectivity index (χ1n) is 4.95. The highest BCUT2D eigenvalue weighted by Gasteiger charge is 2.30. The van der Waals surface area contributed by atoms with Gasteiger partial charge in [-0.3, -0.25) is 4.79 Å². The van der Waals surface area contributed by atoms with Crippen LogP contribution in [0.5, 0.6) is 0 Å². The fraction of sp³-hybridized carbons (Fsp3) is 0.167. The molecule has 82 valence electrons. The summed E-state index contributed by atoms with van der Waals surface area (Å²) in [6, 6.07) is 9.03. The Kier molecular flexibility index (Phi) is 3.01. The number of nitrogens with zero attached hydrogens (tertiary/aromatic N) is 1. The Balaban J connectivity index is 2.32. The van der Waals surface area contributed by atoms with E-state index in [0.29, 0.717) is 12.2 Å². The quantitative estimate of drug-likeness (QED) is 0.697. The second-order valence-electron chi connectivity index (χ2n) is 3.34. The number of amides is 1. The van der Waals surface area contributed by atoms with Gasteiger partial charge < -0.3 is 4.74 Å². The SMILES string of the molecule is C/C=C1\COC(=S)N1C(=O)c1ccccc1. The second-order valence-corrected chi connectivity index (χ2v) is 3.69. The molecule has 0 N–H and O–H groups in total. The molecule has 0 aromatic heterocycles. The van der Waals surface area contributed by atoms with Crippen LogP contribution in [0.3, 0.4) is 0 Å². The molecular formula is C12H11NO2S. The summed E-state index contributed by atoms with van der Waals surface area (Å²) in [6.45, 7) is 2.23. The van der Waals surface area contributed by atoms with E-state index >= 15 is 0 Å². The van der Waals surface area contributed by atoms with E-state index < -0.39 is 0 Å². The van der Waals surface area contributed by atoms with Gasteiger partial charge in [0, 0.05) is 5.56 Å². The Morgan fingerprint density at radius 1 is 1.44 bits per heavy atom. The number of hydrogen-bond donors (Lipinski definition) is 0. The Morgan fingerprint density at radius 3 is 2.75 bits per heavy atom. The molecule has 1 aromatic rings. The minimum absolute atomic E-state index is 0.142. The van der Waals surface area contributed by atoms with Gasteiger partial charge in [0.2, 0.25) is 0 Å². The summed E-state index contributed by atoms with van der Waals surface area (Å²) in [4.78, 5) is 13.6. The van der Waals surface area contributed by atoms with Crippen molar-refractivity contribution in [1.29, 1.82) is 0 Å². The number of ether oxygens (including phenoxy) is 1. The van der Waals surface area contributed by atoms with Crippen molar-refractivity contribution in [3.05, 3.63) is 47.7 Å². The molecule has 0 bridgehead atoms. The highest BCUT2D eigenvalue weighted by atomic mass is 32.1. The van der Waals surface area contributed by atoms with E-state index in [0.717, 1.165) is 5.70 Å².